The standard InChI is InChI=1S/C21H16O5/c22-16-10-18(24)21(19(25)11-16)20(26)12-17(23)15-8-6-14(7-9-15)13-4-2-1-3-5-13/h1-11,22,24-25H,12H2. The van der Waals surface area contributed by atoms with Crippen LogP contribution in [0.1, 0.15) is 27.1 Å². The number of Topliss-reactive ketones (excluding diaryl/α,β-unsaturated/α-hetero) is 2. The number of carbonyl (C=O) groups is 2. The summed E-state index contributed by atoms with van der Waals surface area (Å²) in [5.41, 5.74) is 1.94. The Morgan fingerprint density at radius 2 is 1.23 bits per heavy atom. The number of ketones is 2. The second-order valence-electron chi connectivity index (χ2n) is 5.83. The highest BCUT2D eigenvalue weighted by atomic mass is 16.3. The van der Waals surface area contributed by atoms with Gasteiger partial charge in [0.2, 0.25) is 0 Å². The smallest absolute Gasteiger partial charge is 0.178 e. The number of hydrogen-bond donors (Lipinski definition) is 3. The molecular weight excluding hydrogens is 332 g/mol. The number of hydrogen-bond acceptors (Lipinski definition) is 5. The monoisotopic (exact) mass is 348 g/mol. The van der Waals surface area contributed by atoms with Gasteiger partial charge in [0.25, 0.3) is 0 Å². The van der Waals surface area contributed by atoms with Crippen molar-refractivity contribution in [3.05, 3.63) is 77.9 Å². The Labute approximate surface area is 149 Å². The van der Waals surface area contributed by atoms with E-state index in [9.17, 15) is 24.9 Å². The van der Waals surface area contributed by atoms with E-state index >= 15 is 0 Å². The fourth-order valence-electron chi connectivity index (χ4n) is 2.70. The van der Waals surface area contributed by atoms with Crippen molar-refractivity contribution in [1.82, 2.24) is 0 Å². The lowest BCUT2D eigenvalue weighted by Gasteiger charge is -2.07. The molecule has 5 nitrogen and oxygen atoms in total. The van der Waals surface area contributed by atoms with E-state index in [1.807, 2.05) is 30.3 Å². The van der Waals surface area contributed by atoms with Gasteiger partial charge in [-0.25, -0.2) is 0 Å². The second kappa shape index (κ2) is 7.11. The van der Waals surface area contributed by atoms with Crippen molar-refractivity contribution >= 4 is 11.6 Å². The SMILES string of the molecule is O=C(CC(=O)c1c(O)cc(O)cc1O)c1ccc(-c2ccccc2)cc1. The second-order valence-corrected chi connectivity index (χ2v) is 5.83. The van der Waals surface area contributed by atoms with Crippen molar-refractivity contribution in [3.8, 4) is 28.4 Å². The van der Waals surface area contributed by atoms with Gasteiger partial charge in [0, 0.05) is 17.7 Å². The van der Waals surface area contributed by atoms with Crippen LogP contribution in [-0.2, 0) is 0 Å². The molecule has 0 saturated carbocycles. The minimum atomic E-state index is -0.725. The normalized spacial score (nSPS) is 10.5. The van der Waals surface area contributed by atoms with E-state index in [1.165, 1.54) is 0 Å². The lowest BCUT2D eigenvalue weighted by molar-refractivity contribution is 0.0892. The van der Waals surface area contributed by atoms with Crippen LogP contribution in [0.5, 0.6) is 17.2 Å². The van der Waals surface area contributed by atoms with E-state index in [0.29, 0.717) is 5.56 Å². The Hall–Kier alpha value is -3.60. The van der Waals surface area contributed by atoms with Crippen molar-refractivity contribution in [3.63, 3.8) is 0 Å². The van der Waals surface area contributed by atoms with Gasteiger partial charge in [-0.15, -0.1) is 0 Å². The molecule has 26 heavy (non-hydrogen) atoms. The molecule has 130 valence electrons. The van der Waals surface area contributed by atoms with Crippen molar-refractivity contribution < 1.29 is 24.9 Å². The molecule has 3 aromatic carbocycles. The van der Waals surface area contributed by atoms with Crippen LogP contribution in [0.4, 0.5) is 0 Å². The zero-order valence-corrected chi connectivity index (χ0v) is 13.7. The van der Waals surface area contributed by atoms with Gasteiger partial charge in [-0.1, -0.05) is 54.6 Å². The molecule has 0 aliphatic rings. The third-order valence-corrected chi connectivity index (χ3v) is 4.00. The quantitative estimate of drug-likeness (QED) is 0.480. The number of carbonyl (C=O) groups excluding carboxylic acids is 2. The van der Waals surface area contributed by atoms with Gasteiger partial charge in [0.1, 0.15) is 22.8 Å². The predicted octanol–water partition coefficient (Wildman–Crippen LogP) is 3.93. The highest BCUT2D eigenvalue weighted by Crippen LogP contribution is 2.33. The molecule has 3 aromatic rings. The van der Waals surface area contributed by atoms with Gasteiger partial charge in [0.15, 0.2) is 11.6 Å². The van der Waals surface area contributed by atoms with Crippen molar-refractivity contribution in [2.75, 3.05) is 0 Å². The molecule has 3 N–H and O–H groups in total. The lowest BCUT2D eigenvalue weighted by Crippen LogP contribution is -2.09. The summed E-state index contributed by atoms with van der Waals surface area (Å²) in [6.07, 6.45) is -0.503. The van der Waals surface area contributed by atoms with Gasteiger partial charge >= 0.3 is 0 Å². The zero-order valence-electron chi connectivity index (χ0n) is 13.7. The van der Waals surface area contributed by atoms with Gasteiger partial charge in [-0.05, 0) is 11.1 Å². The van der Waals surface area contributed by atoms with E-state index in [4.69, 9.17) is 0 Å². The Morgan fingerprint density at radius 3 is 1.81 bits per heavy atom. The van der Waals surface area contributed by atoms with Gasteiger partial charge in [-0.3, -0.25) is 9.59 Å². The maximum atomic E-state index is 12.3. The van der Waals surface area contributed by atoms with Gasteiger partial charge in [-0.2, -0.15) is 0 Å². The number of phenolic OH excluding ortho intramolecular Hbond substituents is 3. The zero-order chi connectivity index (χ0) is 18.7. The highest BCUT2D eigenvalue weighted by molar-refractivity contribution is 6.15. The first-order valence-electron chi connectivity index (χ1n) is 7.92. The molecule has 0 aromatic heterocycles. The molecule has 0 aliphatic carbocycles. The van der Waals surface area contributed by atoms with E-state index in [2.05, 4.69) is 0 Å². The summed E-state index contributed by atoms with van der Waals surface area (Å²) < 4.78 is 0. The topological polar surface area (TPSA) is 94.8 Å². The lowest BCUT2D eigenvalue weighted by atomic mass is 9.98. The molecule has 0 bridgehead atoms. The van der Waals surface area contributed by atoms with Crippen LogP contribution < -0.4 is 0 Å². The number of aromatic hydroxyl groups is 3. The molecular formula is C21H16O5. The Kier molecular flexibility index (Phi) is 4.71. The molecule has 0 heterocycles. The molecule has 0 spiro atoms. The predicted molar refractivity (Wildman–Crippen MR) is 96.6 cm³/mol. The van der Waals surface area contributed by atoms with E-state index in [1.54, 1.807) is 24.3 Å². The molecule has 0 unspecified atom stereocenters. The maximum Gasteiger partial charge on any atom is 0.178 e. The first-order chi connectivity index (χ1) is 12.5. The Morgan fingerprint density at radius 1 is 0.692 bits per heavy atom. The molecule has 0 atom stereocenters. The highest BCUT2D eigenvalue weighted by Gasteiger charge is 2.21. The first kappa shape index (κ1) is 17.2. The Bertz CT molecular complexity index is 936. The molecule has 0 amide bonds. The number of phenols is 3. The van der Waals surface area contributed by atoms with Crippen LogP contribution in [-0.4, -0.2) is 26.9 Å². The first-order valence-corrected chi connectivity index (χ1v) is 7.92. The molecule has 5 heteroatoms. The molecule has 0 saturated heterocycles. The molecule has 0 aliphatic heterocycles. The summed E-state index contributed by atoms with van der Waals surface area (Å²) in [6, 6.07) is 18.4. The summed E-state index contributed by atoms with van der Waals surface area (Å²) in [4.78, 5) is 24.6. The van der Waals surface area contributed by atoms with Crippen LogP contribution in [0.25, 0.3) is 11.1 Å². The number of benzene rings is 3. The third kappa shape index (κ3) is 3.57. The van der Waals surface area contributed by atoms with Crippen LogP contribution >= 0.6 is 0 Å². The average Bonchev–Trinajstić information content (AvgIpc) is 2.61. The maximum absolute atomic E-state index is 12.3. The molecule has 3 rings (SSSR count). The molecule has 0 radical (unpaired) electrons. The summed E-state index contributed by atoms with van der Waals surface area (Å²) in [7, 11) is 0. The fourth-order valence-corrected chi connectivity index (χ4v) is 2.70. The summed E-state index contributed by atoms with van der Waals surface area (Å²) in [5.74, 6) is -2.67. The van der Waals surface area contributed by atoms with E-state index in [-0.39, 0.29) is 11.3 Å². The minimum absolute atomic E-state index is 0.357. The third-order valence-electron chi connectivity index (χ3n) is 4.00. The summed E-state index contributed by atoms with van der Waals surface area (Å²) in [5, 5.41) is 28.8. The van der Waals surface area contributed by atoms with E-state index < -0.39 is 29.5 Å². The largest absolute Gasteiger partial charge is 0.508 e. The number of rotatable bonds is 5. The van der Waals surface area contributed by atoms with Crippen molar-refractivity contribution in [2.45, 2.75) is 6.42 Å². The van der Waals surface area contributed by atoms with Crippen LogP contribution in [0.15, 0.2) is 66.7 Å². The Balaban J connectivity index is 1.77. The minimum Gasteiger partial charge on any atom is -0.508 e. The summed E-state index contributed by atoms with van der Waals surface area (Å²) in [6.45, 7) is 0. The van der Waals surface area contributed by atoms with Crippen molar-refractivity contribution in [1.29, 1.82) is 0 Å². The van der Waals surface area contributed by atoms with Crippen LogP contribution in [0.2, 0.25) is 0 Å². The van der Waals surface area contributed by atoms with E-state index in [0.717, 1.165) is 23.3 Å². The van der Waals surface area contributed by atoms with Gasteiger partial charge < -0.3 is 15.3 Å². The average molecular weight is 348 g/mol. The summed E-state index contributed by atoms with van der Waals surface area (Å²) >= 11 is 0. The van der Waals surface area contributed by atoms with Crippen LogP contribution in [0, 0.1) is 0 Å². The van der Waals surface area contributed by atoms with Crippen LogP contribution in [0.3, 0.4) is 0 Å². The fraction of sp³-hybridized carbons (Fsp3) is 0.0476. The van der Waals surface area contributed by atoms with Gasteiger partial charge in [0.05, 0.1) is 6.42 Å². The molecule has 0 fully saturated rings. The van der Waals surface area contributed by atoms with Crippen molar-refractivity contribution in [2.24, 2.45) is 0 Å².